The Morgan fingerprint density at radius 2 is 2.12 bits per heavy atom. The first-order chi connectivity index (χ1) is 11.5. The Hall–Kier alpha value is -1.25. The molecule has 0 aromatic carbocycles. The van der Waals surface area contributed by atoms with Crippen LogP contribution in [0.3, 0.4) is 0 Å². The number of rotatable bonds is 7. The monoisotopic (exact) mass is 359 g/mol. The van der Waals surface area contributed by atoms with Gasteiger partial charge in [-0.25, -0.2) is 4.98 Å². The number of hydrogen-bond donors (Lipinski definition) is 1. The molecule has 1 aromatic heterocycles. The van der Waals surface area contributed by atoms with Crippen LogP contribution in [-0.2, 0) is 4.74 Å². The molecule has 1 saturated heterocycles. The molecule has 2 heterocycles. The summed E-state index contributed by atoms with van der Waals surface area (Å²) in [4.78, 5) is 18.6. The zero-order valence-corrected chi connectivity index (χ0v) is 14.7. The van der Waals surface area contributed by atoms with E-state index in [4.69, 9.17) is 4.74 Å². The first-order valence-corrected chi connectivity index (χ1v) is 8.87. The van der Waals surface area contributed by atoms with Crippen molar-refractivity contribution in [1.29, 1.82) is 0 Å². The van der Waals surface area contributed by atoms with E-state index in [1.807, 2.05) is 0 Å². The molecule has 1 aliphatic rings. The van der Waals surface area contributed by atoms with Crippen molar-refractivity contribution in [3.05, 3.63) is 23.9 Å². The van der Waals surface area contributed by atoms with Crippen LogP contribution in [-0.4, -0.2) is 60.4 Å². The number of carbonyl (C=O) groups is 1. The summed E-state index contributed by atoms with van der Waals surface area (Å²) in [5.41, 5.74) is 0.187. The Balaban J connectivity index is 2.00. The van der Waals surface area contributed by atoms with Crippen LogP contribution >= 0.6 is 11.8 Å². The number of alkyl halides is 2. The van der Waals surface area contributed by atoms with Crippen molar-refractivity contribution in [1.82, 2.24) is 15.2 Å². The molecule has 1 N–H and O–H groups in total. The van der Waals surface area contributed by atoms with Gasteiger partial charge in [-0.3, -0.25) is 9.69 Å². The van der Waals surface area contributed by atoms with Crippen molar-refractivity contribution in [3.8, 4) is 0 Å². The highest BCUT2D eigenvalue weighted by Crippen LogP contribution is 2.26. The van der Waals surface area contributed by atoms with Gasteiger partial charge in [-0.2, -0.15) is 8.78 Å². The number of morpholine rings is 1. The zero-order valence-electron chi connectivity index (χ0n) is 13.9. The van der Waals surface area contributed by atoms with E-state index in [1.54, 1.807) is 6.07 Å². The second-order valence-electron chi connectivity index (χ2n) is 5.90. The summed E-state index contributed by atoms with van der Waals surface area (Å²) < 4.78 is 30.6. The van der Waals surface area contributed by atoms with Crippen molar-refractivity contribution in [2.24, 2.45) is 5.92 Å². The second-order valence-corrected chi connectivity index (χ2v) is 6.88. The van der Waals surface area contributed by atoms with Gasteiger partial charge in [0.05, 0.1) is 18.8 Å². The predicted octanol–water partition coefficient (Wildman–Crippen LogP) is 2.48. The lowest BCUT2D eigenvalue weighted by atomic mass is 10.0. The minimum Gasteiger partial charge on any atom is -0.379 e. The van der Waals surface area contributed by atoms with E-state index in [0.717, 1.165) is 13.1 Å². The molecule has 134 valence electrons. The Morgan fingerprint density at radius 1 is 1.42 bits per heavy atom. The molecule has 24 heavy (non-hydrogen) atoms. The minimum atomic E-state index is -2.61. The van der Waals surface area contributed by atoms with Crippen LogP contribution in [0.4, 0.5) is 8.78 Å². The van der Waals surface area contributed by atoms with Crippen molar-refractivity contribution in [3.63, 3.8) is 0 Å². The Labute approximate surface area is 145 Å². The highest BCUT2D eigenvalue weighted by molar-refractivity contribution is 7.99. The molecule has 1 amide bonds. The first kappa shape index (κ1) is 19.1. The summed E-state index contributed by atoms with van der Waals surface area (Å²) >= 11 is 0.290. The Bertz CT molecular complexity index is 540. The molecule has 1 aromatic rings. The lowest BCUT2D eigenvalue weighted by Gasteiger charge is -2.36. The van der Waals surface area contributed by atoms with Gasteiger partial charge in [-0.1, -0.05) is 13.8 Å². The van der Waals surface area contributed by atoms with Crippen LogP contribution in [0.2, 0.25) is 0 Å². The summed E-state index contributed by atoms with van der Waals surface area (Å²) in [5.74, 6) is -2.62. The topological polar surface area (TPSA) is 54.5 Å². The number of nitrogens with zero attached hydrogens (tertiary/aromatic N) is 2. The molecular weight excluding hydrogens is 336 g/mol. The SMILES string of the molecule is CC(C)C(CNC(=O)c1cccnc1SC(F)F)N1CCOCC1. The maximum absolute atomic E-state index is 12.6. The van der Waals surface area contributed by atoms with Crippen LogP contribution in [0.5, 0.6) is 0 Å². The van der Waals surface area contributed by atoms with Gasteiger partial charge in [-0.15, -0.1) is 0 Å². The number of thioether (sulfide) groups is 1. The van der Waals surface area contributed by atoms with Crippen LogP contribution in [0.1, 0.15) is 24.2 Å². The van der Waals surface area contributed by atoms with Crippen molar-refractivity contribution >= 4 is 17.7 Å². The number of ether oxygens (including phenoxy) is 1. The molecule has 1 aliphatic heterocycles. The molecule has 8 heteroatoms. The van der Waals surface area contributed by atoms with E-state index in [1.165, 1.54) is 12.3 Å². The number of amides is 1. The largest absolute Gasteiger partial charge is 0.379 e. The lowest BCUT2D eigenvalue weighted by Crippen LogP contribution is -2.51. The molecule has 1 unspecified atom stereocenters. The average Bonchev–Trinajstić information content (AvgIpc) is 2.55. The molecule has 5 nitrogen and oxygen atoms in total. The van der Waals surface area contributed by atoms with E-state index in [2.05, 4.69) is 29.0 Å². The van der Waals surface area contributed by atoms with Gasteiger partial charge in [0, 0.05) is 31.9 Å². The fraction of sp³-hybridized carbons (Fsp3) is 0.625. The highest BCUT2D eigenvalue weighted by Gasteiger charge is 2.25. The second kappa shape index (κ2) is 9.29. The van der Waals surface area contributed by atoms with Gasteiger partial charge in [0.1, 0.15) is 5.03 Å². The predicted molar refractivity (Wildman–Crippen MR) is 89.4 cm³/mol. The lowest BCUT2D eigenvalue weighted by molar-refractivity contribution is 0.00672. The van der Waals surface area contributed by atoms with Gasteiger partial charge in [0.25, 0.3) is 11.7 Å². The van der Waals surface area contributed by atoms with E-state index < -0.39 is 5.76 Å². The molecule has 0 radical (unpaired) electrons. The van der Waals surface area contributed by atoms with Gasteiger partial charge in [-0.05, 0) is 29.8 Å². The third-order valence-electron chi connectivity index (χ3n) is 3.97. The Morgan fingerprint density at radius 3 is 2.75 bits per heavy atom. The van der Waals surface area contributed by atoms with Crippen molar-refractivity contribution in [2.45, 2.75) is 30.7 Å². The number of carbonyl (C=O) groups excluding carboxylic acids is 1. The number of halogens is 2. The number of aromatic nitrogens is 1. The highest BCUT2D eigenvalue weighted by atomic mass is 32.2. The first-order valence-electron chi connectivity index (χ1n) is 7.99. The standard InChI is InChI=1S/C16H23F2N3O2S/c1-11(2)13(21-6-8-23-9-7-21)10-20-14(22)12-4-3-5-19-15(12)24-16(17)18/h3-5,11,13,16H,6-10H2,1-2H3,(H,20,22). The molecule has 1 atom stereocenters. The summed E-state index contributed by atoms with van der Waals surface area (Å²) in [7, 11) is 0. The number of pyridine rings is 1. The Kier molecular flexibility index (Phi) is 7.39. The maximum atomic E-state index is 12.6. The molecule has 2 rings (SSSR count). The van der Waals surface area contributed by atoms with Gasteiger partial charge >= 0.3 is 0 Å². The van der Waals surface area contributed by atoms with Crippen LogP contribution in [0.25, 0.3) is 0 Å². The molecule has 0 saturated carbocycles. The smallest absolute Gasteiger partial charge is 0.290 e. The summed E-state index contributed by atoms with van der Waals surface area (Å²) in [5, 5.41) is 2.92. The van der Waals surface area contributed by atoms with Gasteiger partial charge in [0.2, 0.25) is 0 Å². The molecule has 1 fully saturated rings. The van der Waals surface area contributed by atoms with Crippen LogP contribution in [0.15, 0.2) is 23.4 Å². The summed E-state index contributed by atoms with van der Waals surface area (Å²) in [6.45, 7) is 7.72. The van der Waals surface area contributed by atoms with E-state index >= 15 is 0 Å². The molecule has 0 spiro atoms. The van der Waals surface area contributed by atoms with Crippen molar-refractivity contribution < 1.29 is 18.3 Å². The third kappa shape index (κ3) is 5.39. The van der Waals surface area contributed by atoms with Crippen molar-refractivity contribution in [2.75, 3.05) is 32.8 Å². The molecule has 0 aliphatic carbocycles. The van der Waals surface area contributed by atoms with Gasteiger partial charge in [0.15, 0.2) is 0 Å². The van der Waals surface area contributed by atoms with E-state index in [-0.39, 0.29) is 34.3 Å². The quantitative estimate of drug-likeness (QED) is 0.758. The number of nitrogens with one attached hydrogen (secondary N) is 1. The molecule has 0 bridgehead atoms. The van der Waals surface area contributed by atoms with Gasteiger partial charge < -0.3 is 10.1 Å². The molecular formula is C16H23F2N3O2S. The fourth-order valence-corrected chi connectivity index (χ4v) is 3.31. The zero-order chi connectivity index (χ0) is 17.5. The van der Waals surface area contributed by atoms with E-state index in [0.29, 0.717) is 25.7 Å². The maximum Gasteiger partial charge on any atom is 0.290 e. The fourth-order valence-electron chi connectivity index (χ4n) is 2.73. The summed E-state index contributed by atoms with van der Waals surface area (Å²) in [6.07, 6.45) is 1.41. The van der Waals surface area contributed by atoms with E-state index in [9.17, 15) is 13.6 Å². The average molecular weight is 359 g/mol. The normalized spacial score (nSPS) is 17.2. The van der Waals surface area contributed by atoms with Crippen LogP contribution in [0, 0.1) is 5.92 Å². The number of hydrogen-bond acceptors (Lipinski definition) is 5. The summed E-state index contributed by atoms with van der Waals surface area (Å²) in [6, 6.07) is 3.28. The third-order valence-corrected chi connectivity index (χ3v) is 4.70. The minimum absolute atomic E-state index is 0.0532. The van der Waals surface area contributed by atoms with Crippen LogP contribution < -0.4 is 5.32 Å².